The van der Waals surface area contributed by atoms with Gasteiger partial charge in [0.25, 0.3) is 0 Å². The zero-order valence-electron chi connectivity index (χ0n) is 23.8. The Kier molecular flexibility index (Phi) is 7.96. The number of esters is 1. The molecule has 0 spiro atoms. The van der Waals surface area contributed by atoms with Crippen LogP contribution in [0, 0.1) is 5.92 Å². The van der Waals surface area contributed by atoms with Gasteiger partial charge in [-0.2, -0.15) is 0 Å². The van der Waals surface area contributed by atoms with E-state index in [9.17, 15) is 18.0 Å². The number of hydrogen-bond acceptors (Lipinski definition) is 10. The Bertz CT molecular complexity index is 1670. The van der Waals surface area contributed by atoms with Crippen molar-refractivity contribution in [1.29, 1.82) is 0 Å². The standard InChI is InChI=1S/C31H30F3N3O5S2/c1-2-39-29(38)19-9-11-23-26(14-19)44-30(35-23)37-24-12-10-18(24)13-20(16-43-37)40-15-22-27(36-42-28(22)17-7-8-17)21-5-3-4-6-25(21)41-31(32,33)34/h3-6,9,11,14,17-18,20,24H,2,7-8,10,12-13,15-16H2,1H3/t18-,20?,24?/m0/s1. The predicted octanol–water partition coefficient (Wildman–Crippen LogP) is 8.13. The van der Waals surface area contributed by atoms with Gasteiger partial charge in [-0.15, -0.1) is 13.2 Å². The van der Waals surface area contributed by atoms with Crippen LogP contribution < -0.4 is 9.04 Å². The number of fused-ring (bicyclic) bond motifs is 2. The number of benzene rings is 2. The molecule has 1 aliphatic heterocycles. The Morgan fingerprint density at radius 3 is 2.73 bits per heavy atom. The Balaban J connectivity index is 1.09. The lowest BCUT2D eigenvalue weighted by molar-refractivity contribution is -0.274. The third kappa shape index (κ3) is 6.01. The normalized spacial score (nSPS) is 21.9. The molecule has 0 N–H and O–H groups in total. The highest BCUT2D eigenvalue weighted by atomic mass is 32.2. The van der Waals surface area contributed by atoms with Crippen molar-refractivity contribution in [3.05, 3.63) is 59.4 Å². The maximum absolute atomic E-state index is 13.2. The number of carbonyl (C=O) groups is 1. The third-order valence-electron chi connectivity index (χ3n) is 8.32. The molecule has 3 heterocycles. The first-order valence-electron chi connectivity index (χ1n) is 14.7. The molecule has 2 unspecified atom stereocenters. The van der Waals surface area contributed by atoms with Gasteiger partial charge in [0.05, 0.1) is 35.1 Å². The number of para-hydroxylation sites is 1. The maximum atomic E-state index is 13.2. The van der Waals surface area contributed by atoms with E-state index in [1.807, 2.05) is 12.1 Å². The zero-order valence-corrected chi connectivity index (χ0v) is 25.5. The topological polar surface area (TPSA) is 86.9 Å². The molecule has 4 aromatic rings. The molecule has 0 bridgehead atoms. The summed E-state index contributed by atoms with van der Waals surface area (Å²) in [5, 5.41) is 5.11. The van der Waals surface area contributed by atoms with Gasteiger partial charge in [-0.25, -0.2) is 9.78 Å². The summed E-state index contributed by atoms with van der Waals surface area (Å²) in [5.41, 5.74) is 2.59. The van der Waals surface area contributed by atoms with Gasteiger partial charge in [-0.1, -0.05) is 28.6 Å². The molecule has 13 heteroatoms. The van der Waals surface area contributed by atoms with E-state index in [0.29, 0.717) is 46.9 Å². The largest absolute Gasteiger partial charge is 0.573 e. The van der Waals surface area contributed by atoms with Gasteiger partial charge in [0.2, 0.25) is 0 Å². The number of nitrogens with zero attached hydrogens (tertiary/aromatic N) is 3. The van der Waals surface area contributed by atoms with Crippen molar-refractivity contribution in [1.82, 2.24) is 10.1 Å². The predicted molar refractivity (Wildman–Crippen MR) is 161 cm³/mol. The Morgan fingerprint density at radius 1 is 1.14 bits per heavy atom. The average molecular weight is 646 g/mol. The molecule has 0 amide bonds. The van der Waals surface area contributed by atoms with E-state index >= 15 is 0 Å². The van der Waals surface area contributed by atoms with Crippen LogP contribution in [-0.4, -0.2) is 47.0 Å². The molecule has 44 heavy (non-hydrogen) atoms. The second-order valence-corrected chi connectivity index (χ2v) is 13.3. The summed E-state index contributed by atoms with van der Waals surface area (Å²) in [5.74, 6) is 1.35. The minimum atomic E-state index is -4.83. The van der Waals surface area contributed by atoms with Crippen molar-refractivity contribution in [2.24, 2.45) is 5.92 Å². The van der Waals surface area contributed by atoms with Gasteiger partial charge in [0.1, 0.15) is 17.2 Å². The zero-order chi connectivity index (χ0) is 30.4. The van der Waals surface area contributed by atoms with Crippen LogP contribution in [0.25, 0.3) is 21.5 Å². The van der Waals surface area contributed by atoms with Crippen LogP contribution in [-0.2, 0) is 16.1 Å². The number of alkyl halides is 3. The fourth-order valence-electron chi connectivity index (χ4n) is 5.88. The number of anilines is 1. The van der Waals surface area contributed by atoms with Crippen LogP contribution in [0.2, 0.25) is 0 Å². The molecule has 2 saturated carbocycles. The molecule has 7 rings (SSSR count). The smallest absolute Gasteiger partial charge is 0.462 e. The highest BCUT2D eigenvalue weighted by Gasteiger charge is 2.42. The minimum Gasteiger partial charge on any atom is -0.462 e. The molecule has 232 valence electrons. The molecule has 3 fully saturated rings. The van der Waals surface area contributed by atoms with Crippen LogP contribution in [0.4, 0.5) is 18.3 Å². The molecule has 2 aromatic carbocycles. The van der Waals surface area contributed by atoms with Crippen molar-refractivity contribution in [3.63, 3.8) is 0 Å². The number of hydrogen-bond donors (Lipinski definition) is 0. The second kappa shape index (κ2) is 11.9. The van der Waals surface area contributed by atoms with Gasteiger partial charge in [0, 0.05) is 28.8 Å². The Morgan fingerprint density at radius 2 is 1.98 bits per heavy atom. The van der Waals surface area contributed by atoms with Gasteiger partial charge >= 0.3 is 12.3 Å². The molecule has 3 atom stereocenters. The van der Waals surface area contributed by atoms with Crippen LogP contribution in [0.3, 0.4) is 0 Å². The van der Waals surface area contributed by atoms with Crippen molar-refractivity contribution in [2.45, 2.75) is 70.1 Å². The fourth-order valence-corrected chi connectivity index (χ4v) is 8.30. The second-order valence-electron chi connectivity index (χ2n) is 11.3. The molecule has 0 radical (unpaired) electrons. The highest BCUT2D eigenvalue weighted by molar-refractivity contribution is 8.00. The van der Waals surface area contributed by atoms with Crippen molar-refractivity contribution < 1.29 is 36.7 Å². The van der Waals surface area contributed by atoms with Gasteiger partial charge in [-0.3, -0.25) is 4.31 Å². The molecule has 8 nitrogen and oxygen atoms in total. The van der Waals surface area contributed by atoms with Crippen LogP contribution in [0.1, 0.15) is 66.6 Å². The summed E-state index contributed by atoms with van der Waals surface area (Å²) >= 11 is 3.26. The summed E-state index contributed by atoms with van der Waals surface area (Å²) in [7, 11) is 0. The first kappa shape index (κ1) is 29.4. The Hall–Kier alpha value is -3.29. The summed E-state index contributed by atoms with van der Waals surface area (Å²) in [6.45, 7) is 2.29. The average Bonchev–Trinajstić information content (AvgIpc) is 3.62. The van der Waals surface area contributed by atoms with Gasteiger partial charge < -0.3 is 18.7 Å². The maximum Gasteiger partial charge on any atom is 0.573 e. The van der Waals surface area contributed by atoms with E-state index < -0.39 is 6.36 Å². The van der Waals surface area contributed by atoms with E-state index in [2.05, 4.69) is 14.2 Å². The van der Waals surface area contributed by atoms with Crippen LogP contribution in [0.15, 0.2) is 47.0 Å². The van der Waals surface area contributed by atoms with E-state index in [0.717, 1.165) is 47.5 Å². The number of aromatic nitrogens is 2. The molecular weight excluding hydrogens is 615 g/mol. The van der Waals surface area contributed by atoms with Crippen LogP contribution >= 0.6 is 23.3 Å². The number of thiazole rings is 1. The van der Waals surface area contributed by atoms with Crippen molar-refractivity contribution >= 4 is 44.6 Å². The highest BCUT2D eigenvalue weighted by Crippen LogP contribution is 2.48. The number of ether oxygens (including phenoxy) is 3. The lowest BCUT2D eigenvalue weighted by Gasteiger charge is -2.41. The molecular formula is C31H30F3N3O5S2. The first-order chi connectivity index (χ1) is 21.3. The summed E-state index contributed by atoms with van der Waals surface area (Å²) in [6, 6.07) is 11.8. The lowest BCUT2D eigenvalue weighted by atomic mass is 9.76. The molecule has 1 saturated heterocycles. The third-order valence-corrected chi connectivity index (χ3v) is 10.7. The lowest BCUT2D eigenvalue weighted by Crippen LogP contribution is -2.43. The summed E-state index contributed by atoms with van der Waals surface area (Å²) in [4.78, 5) is 17.1. The van der Waals surface area contributed by atoms with Gasteiger partial charge in [0.15, 0.2) is 5.13 Å². The van der Waals surface area contributed by atoms with Crippen LogP contribution in [0.5, 0.6) is 5.75 Å². The number of halogens is 3. The van der Waals surface area contributed by atoms with Gasteiger partial charge in [-0.05, 0) is 87.2 Å². The quantitative estimate of drug-likeness (QED) is 0.132. The van der Waals surface area contributed by atoms with Crippen molar-refractivity contribution in [3.8, 4) is 17.0 Å². The number of carbonyl (C=O) groups excluding carboxylic acids is 1. The van der Waals surface area contributed by atoms with E-state index in [1.54, 1.807) is 48.4 Å². The monoisotopic (exact) mass is 645 g/mol. The minimum absolute atomic E-state index is 0.0703. The fraction of sp³-hybridized carbons (Fsp3) is 0.452. The van der Waals surface area contributed by atoms with E-state index in [4.69, 9.17) is 19.0 Å². The van der Waals surface area contributed by atoms with E-state index in [1.165, 1.54) is 12.1 Å². The molecule has 2 aliphatic carbocycles. The Labute approximate surface area is 260 Å². The number of rotatable bonds is 9. The summed E-state index contributed by atoms with van der Waals surface area (Å²) in [6.07, 6.45) is 0.0242. The van der Waals surface area contributed by atoms with E-state index in [-0.39, 0.29) is 35.9 Å². The SMILES string of the molecule is CCOC(=O)c1ccc2nc(N3SCC(OCc4c(-c5ccccc5OC(F)(F)F)noc4C4CC4)C[C@@H]4CCC43)sc2c1. The van der Waals surface area contributed by atoms with Crippen molar-refractivity contribution in [2.75, 3.05) is 16.7 Å². The summed E-state index contributed by atoms with van der Waals surface area (Å²) < 4.78 is 64.4. The molecule has 2 aromatic heterocycles. The first-order valence-corrected chi connectivity index (χ1v) is 16.5. The molecule has 3 aliphatic rings.